The molecule has 2 nitrogen and oxygen atoms in total. The van der Waals surface area contributed by atoms with E-state index in [-0.39, 0.29) is 0 Å². The van der Waals surface area contributed by atoms with Crippen molar-refractivity contribution in [3.05, 3.63) is 29.3 Å². The molecule has 1 atom stereocenters. The van der Waals surface area contributed by atoms with Crippen molar-refractivity contribution in [2.45, 2.75) is 38.8 Å². The molecule has 1 N–H and O–H groups in total. The van der Waals surface area contributed by atoms with E-state index in [4.69, 9.17) is 4.74 Å². The van der Waals surface area contributed by atoms with Crippen molar-refractivity contribution in [3.63, 3.8) is 0 Å². The zero-order valence-corrected chi connectivity index (χ0v) is 9.83. The monoisotopic (exact) mass is 217 g/mol. The molecule has 1 aliphatic carbocycles. The highest BCUT2D eigenvalue weighted by atomic mass is 16.5. The molecule has 1 unspecified atom stereocenters. The van der Waals surface area contributed by atoms with E-state index in [9.17, 15) is 0 Å². The van der Waals surface area contributed by atoms with Gasteiger partial charge in [0.2, 0.25) is 0 Å². The van der Waals surface area contributed by atoms with Crippen LogP contribution >= 0.6 is 0 Å². The summed E-state index contributed by atoms with van der Waals surface area (Å²) in [4.78, 5) is 0. The Labute approximate surface area is 97.0 Å². The minimum Gasteiger partial charge on any atom is -0.490 e. The molecule has 0 amide bonds. The van der Waals surface area contributed by atoms with Gasteiger partial charge >= 0.3 is 0 Å². The smallest absolute Gasteiger partial charge is 0.123 e. The summed E-state index contributed by atoms with van der Waals surface area (Å²) in [7, 11) is 0. The lowest BCUT2D eigenvalue weighted by Gasteiger charge is -2.05. The Bertz CT molecular complexity index is 384. The summed E-state index contributed by atoms with van der Waals surface area (Å²) < 4.78 is 5.69. The summed E-state index contributed by atoms with van der Waals surface area (Å²) in [6.07, 6.45) is 4.25. The molecule has 86 valence electrons. The van der Waals surface area contributed by atoms with Gasteiger partial charge in [-0.05, 0) is 49.4 Å². The minimum atomic E-state index is 0.352. The Morgan fingerprint density at radius 3 is 3.06 bits per heavy atom. The Morgan fingerprint density at radius 2 is 2.25 bits per heavy atom. The topological polar surface area (TPSA) is 21.3 Å². The molecule has 1 aromatic rings. The summed E-state index contributed by atoms with van der Waals surface area (Å²) >= 11 is 0. The van der Waals surface area contributed by atoms with Crippen LogP contribution in [0.25, 0.3) is 0 Å². The number of hydrogen-bond acceptors (Lipinski definition) is 2. The second kappa shape index (κ2) is 4.10. The van der Waals surface area contributed by atoms with Gasteiger partial charge in [-0.1, -0.05) is 12.1 Å². The SMILES string of the molecule is CC1Cc2cc(CNCC3CC3)ccc2O1. The third kappa shape index (κ3) is 2.22. The fraction of sp³-hybridized carbons (Fsp3) is 0.571. The molecule has 0 bridgehead atoms. The van der Waals surface area contributed by atoms with Gasteiger partial charge in [0.25, 0.3) is 0 Å². The maximum Gasteiger partial charge on any atom is 0.123 e. The van der Waals surface area contributed by atoms with Crippen LogP contribution in [-0.4, -0.2) is 12.6 Å². The zero-order valence-electron chi connectivity index (χ0n) is 9.83. The largest absolute Gasteiger partial charge is 0.490 e. The molecule has 0 radical (unpaired) electrons. The van der Waals surface area contributed by atoms with Gasteiger partial charge in [0.15, 0.2) is 0 Å². The van der Waals surface area contributed by atoms with E-state index in [1.807, 2.05) is 0 Å². The maximum atomic E-state index is 5.69. The molecule has 2 aliphatic rings. The summed E-state index contributed by atoms with van der Waals surface area (Å²) in [5.41, 5.74) is 2.76. The first-order valence-electron chi connectivity index (χ1n) is 6.30. The number of fused-ring (bicyclic) bond motifs is 1. The first kappa shape index (κ1) is 10.2. The van der Waals surface area contributed by atoms with E-state index in [1.165, 1.54) is 30.5 Å². The van der Waals surface area contributed by atoms with Gasteiger partial charge in [-0.3, -0.25) is 0 Å². The lowest BCUT2D eigenvalue weighted by atomic mass is 10.1. The fourth-order valence-corrected chi connectivity index (χ4v) is 2.33. The molecule has 0 spiro atoms. The van der Waals surface area contributed by atoms with Gasteiger partial charge in [0.05, 0.1) is 0 Å². The van der Waals surface area contributed by atoms with Crippen LogP contribution in [0.1, 0.15) is 30.9 Å². The van der Waals surface area contributed by atoms with E-state index in [2.05, 4.69) is 30.4 Å². The third-order valence-electron chi connectivity index (χ3n) is 3.42. The maximum absolute atomic E-state index is 5.69. The van der Waals surface area contributed by atoms with Gasteiger partial charge in [-0.25, -0.2) is 0 Å². The first-order chi connectivity index (χ1) is 7.81. The summed E-state index contributed by atoms with van der Waals surface area (Å²) in [5.74, 6) is 2.04. The Morgan fingerprint density at radius 1 is 1.38 bits per heavy atom. The molecule has 1 heterocycles. The van der Waals surface area contributed by atoms with Crippen molar-refractivity contribution in [3.8, 4) is 5.75 Å². The standard InChI is InChI=1S/C14H19NO/c1-10-6-13-7-12(4-5-14(13)16-10)9-15-8-11-2-3-11/h4-5,7,10-11,15H,2-3,6,8-9H2,1H3. The molecule has 1 aromatic carbocycles. The quantitative estimate of drug-likeness (QED) is 0.836. The number of nitrogens with one attached hydrogen (secondary N) is 1. The van der Waals surface area contributed by atoms with Crippen LogP contribution in [0, 0.1) is 5.92 Å². The van der Waals surface area contributed by atoms with Crippen molar-refractivity contribution < 1.29 is 4.74 Å². The summed E-state index contributed by atoms with van der Waals surface area (Å²) in [5, 5.41) is 3.53. The van der Waals surface area contributed by atoms with E-state index < -0.39 is 0 Å². The van der Waals surface area contributed by atoms with Gasteiger partial charge in [0.1, 0.15) is 11.9 Å². The fourth-order valence-electron chi connectivity index (χ4n) is 2.33. The third-order valence-corrected chi connectivity index (χ3v) is 3.42. The highest BCUT2D eigenvalue weighted by Gasteiger charge is 2.21. The molecular formula is C14H19NO. The number of rotatable bonds is 4. The van der Waals surface area contributed by atoms with Crippen molar-refractivity contribution >= 4 is 0 Å². The molecule has 1 fully saturated rings. The van der Waals surface area contributed by atoms with Crippen LogP contribution in [0.4, 0.5) is 0 Å². The number of benzene rings is 1. The Kier molecular flexibility index (Phi) is 2.60. The predicted octanol–water partition coefficient (Wildman–Crippen LogP) is 2.51. The zero-order chi connectivity index (χ0) is 11.0. The van der Waals surface area contributed by atoms with Gasteiger partial charge < -0.3 is 10.1 Å². The summed E-state index contributed by atoms with van der Waals surface area (Å²) in [6.45, 7) is 4.31. The van der Waals surface area contributed by atoms with E-state index >= 15 is 0 Å². The van der Waals surface area contributed by atoms with E-state index in [0.717, 1.165) is 24.6 Å². The van der Waals surface area contributed by atoms with Crippen LogP contribution in [0.15, 0.2) is 18.2 Å². The molecular weight excluding hydrogens is 198 g/mol. The predicted molar refractivity (Wildman–Crippen MR) is 64.7 cm³/mol. The van der Waals surface area contributed by atoms with Gasteiger partial charge in [-0.2, -0.15) is 0 Å². The van der Waals surface area contributed by atoms with Crippen molar-refractivity contribution in [1.82, 2.24) is 5.32 Å². The van der Waals surface area contributed by atoms with Crippen molar-refractivity contribution in [2.75, 3.05) is 6.54 Å². The lowest BCUT2D eigenvalue weighted by Crippen LogP contribution is -2.16. The van der Waals surface area contributed by atoms with E-state index in [1.54, 1.807) is 0 Å². The van der Waals surface area contributed by atoms with Gasteiger partial charge in [-0.15, -0.1) is 0 Å². The molecule has 1 aliphatic heterocycles. The van der Waals surface area contributed by atoms with E-state index in [0.29, 0.717) is 6.10 Å². The van der Waals surface area contributed by atoms with Crippen LogP contribution in [-0.2, 0) is 13.0 Å². The molecule has 2 heteroatoms. The normalized spacial score (nSPS) is 22.9. The second-order valence-corrected chi connectivity index (χ2v) is 5.15. The lowest BCUT2D eigenvalue weighted by molar-refractivity contribution is 0.254. The number of ether oxygens (including phenoxy) is 1. The Balaban J connectivity index is 1.60. The van der Waals surface area contributed by atoms with Crippen molar-refractivity contribution in [1.29, 1.82) is 0 Å². The second-order valence-electron chi connectivity index (χ2n) is 5.15. The average molecular weight is 217 g/mol. The Hall–Kier alpha value is -1.02. The highest BCUT2D eigenvalue weighted by molar-refractivity contribution is 5.40. The molecule has 1 saturated carbocycles. The van der Waals surface area contributed by atoms with Gasteiger partial charge in [0, 0.05) is 13.0 Å². The van der Waals surface area contributed by atoms with Crippen LogP contribution in [0.3, 0.4) is 0 Å². The minimum absolute atomic E-state index is 0.352. The average Bonchev–Trinajstić information content (AvgIpc) is 2.99. The van der Waals surface area contributed by atoms with Crippen LogP contribution in [0.5, 0.6) is 5.75 Å². The number of hydrogen-bond donors (Lipinski definition) is 1. The van der Waals surface area contributed by atoms with Crippen LogP contribution in [0.2, 0.25) is 0 Å². The molecule has 16 heavy (non-hydrogen) atoms. The summed E-state index contributed by atoms with van der Waals surface area (Å²) in [6, 6.07) is 6.59. The molecule has 0 aromatic heterocycles. The highest BCUT2D eigenvalue weighted by Crippen LogP contribution is 2.30. The van der Waals surface area contributed by atoms with Crippen molar-refractivity contribution in [2.24, 2.45) is 5.92 Å². The van der Waals surface area contributed by atoms with Crippen LogP contribution < -0.4 is 10.1 Å². The first-order valence-corrected chi connectivity index (χ1v) is 6.30. The molecule has 3 rings (SSSR count). The molecule has 0 saturated heterocycles.